The Labute approximate surface area is 146 Å². The molecule has 2 aromatic rings. The molecule has 0 radical (unpaired) electrons. The van der Waals surface area contributed by atoms with Crippen molar-refractivity contribution in [3.8, 4) is 0 Å². The standard InChI is InChI=1S/C19H24N2O4/c1-20-14-5-3-2-4-13(14)10-15(20)18(24)21-8-6-19(7-9-21)11-16(22)17(23)12-25-19/h2-5,10,16-17,22-23H,6-9,11-12H2,1H3/t16-,17+/m1/s1. The van der Waals surface area contributed by atoms with Crippen molar-refractivity contribution < 1.29 is 19.7 Å². The number of aryl methyl sites for hydroxylation is 1. The number of likely N-dealkylation sites (tertiary alicyclic amines) is 1. The van der Waals surface area contributed by atoms with Gasteiger partial charge in [-0.25, -0.2) is 0 Å². The Bertz CT molecular complexity index is 792. The molecule has 2 atom stereocenters. The van der Waals surface area contributed by atoms with Crippen LogP contribution in [-0.4, -0.2) is 63.1 Å². The van der Waals surface area contributed by atoms with Crippen molar-refractivity contribution in [2.24, 2.45) is 7.05 Å². The Balaban J connectivity index is 1.48. The third-order valence-electron chi connectivity index (χ3n) is 5.72. The van der Waals surface area contributed by atoms with Gasteiger partial charge in [0.15, 0.2) is 0 Å². The van der Waals surface area contributed by atoms with Gasteiger partial charge in [-0.3, -0.25) is 4.79 Å². The number of nitrogens with zero attached hydrogens (tertiary/aromatic N) is 2. The Morgan fingerprint density at radius 1 is 1.20 bits per heavy atom. The second-order valence-electron chi connectivity index (χ2n) is 7.27. The molecule has 4 rings (SSSR count). The number of para-hydroxylation sites is 1. The molecule has 1 aromatic carbocycles. The van der Waals surface area contributed by atoms with E-state index in [1.165, 1.54) is 0 Å². The summed E-state index contributed by atoms with van der Waals surface area (Å²) in [5, 5.41) is 20.7. The topological polar surface area (TPSA) is 74.9 Å². The number of amides is 1. The molecule has 3 heterocycles. The number of carbonyl (C=O) groups excluding carboxylic acids is 1. The number of ether oxygens (including phenoxy) is 1. The van der Waals surface area contributed by atoms with Crippen molar-refractivity contribution in [1.29, 1.82) is 0 Å². The molecular weight excluding hydrogens is 320 g/mol. The lowest BCUT2D eigenvalue weighted by atomic mass is 9.82. The molecule has 25 heavy (non-hydrogen) atoms. The fourth-order valence-corrected chi connectivity index (χ4v) is 4.07. The molecule has 2 N–H and O–H groups in total. The average molecular weight is 344 g/mol. The summed E-state index contributed by atoms with van der Waals surface area (Å²) in [5.41, 5.74) is 1.33. The number of rotatable bonds is 1. The van der Waals surface area contributed by atoms with Crippen LogP contribution in [-0.2, 0) is 11.8 Å². The number of aliphatic hydroxyl groups excluding tert-OH is 2. The summed E-state index contributed by atoms with van der Waals surface area (Å²) >= 11 is 0. The molecule has 0 unspecified atom stereocenters. The van der Waals surface area contributed by atoms with Gasteiger partial charge in [0.25, 0.3) is 5.91 Å². The van der Waals surface area contributed by atoms with E-state index in [0.29, 0.717) is 38.0 Å². The highest BCUT2D eigenvalue weighted by molar-refractivity contribution is 5.98. The first-order chi connectivity index (χ1) is 12.0. The van der Waals surface area contributed by atoms with Crippen molar-refractivity contribution >= 4 is 16.8 Å². The van der Waals surface area contributed by atoms with Crippen LogP contribution in [0.4, 0.5) is 0 Å². The zero-order chi connectivity index (χ0) is 17.6. The Morgan fingerprint density at radius 3 is 2.60 bits per heavy atom. The van der Waals surface area contributed by atoms with Gasteiger partial charge in [0.05, 0.1) is 18.3 Å². The highest BCUT2D eigenvalue weighted by Crippen LogP contribution is 2.35. The third-order valence-corrected chi connectivity index (χ3v) is 5.72. The third kappa shape index (κ3) is 2.84. The Kier molecular flexibility index (Phi) is 4.06. The minimum Gasteiger partial charge on any atom is -0.390 e. The Morgan fingerprint density at radius 2 is 1.92 bits per heavy atom. The largest absolute Gasteiger partial charge is 0.390 e. The minimum absolute atomic E-state index is 0.0324. The van der Waals surface area contributed by atoms with Crippen LogP contribution >= 0.6 is 0 Å². The van der Waals surface area contributed by atoms with Crippen LogP contribution in [0.25, 0.3) is 10.9 Å². The van der Waals surface area contributed by atoms with Gasteiger partial charge in [0, 0.05) is 37.5 Å². The summed E-state index contributed by atoms with van der Waals surface area (Å²) in [7, 11) is 1.92. The lowest BCUT2D eigenvalue weighted by Crippen LogP contribution is -2.55. The van der Waals surface area contributed by atoms with Crippen LogP contribution in [0.2, 0.25) is 0 Å². The molecular formula is C19H24N2O4. The minimum atomic E-state index is -0.805. The second kappa shape index (κ2) is 6.12. The highest BCUT2D eigenvalue weighted by atomic mass is 16.5. The number of carbonyl (C=O) groups is 1. The molecule has 2 saturated heterocycles. The molecule has 0 saturated carbocycles. The average Bonchev–Trinajstić information content (AvgIpc) is 2.96. The summed E-state index contributed by atoms with van der Waals surface area (Å²) < 4.78 is 7.79. The molecule has 2 aliphatic rings. The van der Waals surface area contributed by atoms with E-state index >= 15 is 0 Å². The van der Waals surface area contributed by atoms with Gasteiger partial charge >= 0.3 is 0 Å². The summed E-state index contributed by atoms with van der Waals surface area (Å²) in [4.78, 5) is 14.8. The molecule has 0 aliphatic carbocycles. The SMILES string of the molecule is Cn1c(C(=O)N2CCC3(CC2)C[C@@H](O)[C@@H](O)CO3)cc2ccccc21. The molecule has 1 amide bonds. The van der Waals surface area contributed by atoms with E-state index in [-0.39, 0.29) is 12.5 Å². The van der Waals surface area contributed by atoms with Crippen molar-refractivity contribution in [2.75, 3.05) is 19.7 Å². The number of aromatic nitrogens is 1. The van der Waals surface area contributed by atoms with E-state index < -0.39 is 17.8 Å². The van der Waals surface area contributed by atoms with Gasteiger partial charge in [-0.1, -0.05) is 18.2 Å². The van der Waals surface area contributed by atoms with Crippen LogP contribution in [0.1, 0.15) is 29.8 Å². The monoisotopic (exact) mass is 344 g/mol. The second-order valence-corrected chi connectivity index (χ2v) is 7.27. The van der Waals surface area contributed by atoms with E-state index in [1.807, 2.05) is 46.8 Å². The fourth-order valence-electron chi connectivity index (χ4n) is 4.07. The van der Waals surface area contributed by atoms with E-state index in [2.05, 4.69) is 0 Å². The lowest BCUT2D eigenvalue weighted by Gasteiger charge is -2.46. The number of fused-ring (bicyclic) bond motifs is 1. The summed E-state index contributed by atoms with van der Waals surface area (Å²) in [6.45, 7) is 1.37. The summed E-state index contributed by atoms with van der Waals surface area (Å²) in [5.74, 6) is 0.0324. The van der Waals surface area contributed by atoms with Gasteiger partial charge in [0.2, 0.25) is 0 Å². The fraction of sp³-hybridized carbons (Fsp3) is 0.526. The first-order valence-corrected chi connectivity index (χ1v) is 8.83. The molecule has 1 spiro atoms. The molecule has 6 nitrogen and oxygen atoms in total. The lowest BCUT2D eigenvalue weighted by molar-refractivity contribution is -0.185. The van der Waals surface area contributed by atoms with Gasteiger partial charge in [-0.15, -0.1) is 0 Å². The maximum atomic E-state index is 13.0. The zero-order valence-corrected chi connectivity index (χ0v) is 14.4. The predicted octanol–water partition coefficient (Wildman–Crippen LogP) is 1.30. The quantitative estimate of drug-likeness (QED) is 0.818. The van der Waals surface area contributed by atoms with Crippen LogP contribution < -0.4 is 0 Å². The maximum Gasteiger partial charge on any atom is 0.270 e. The first-order valence-electron chi connectivity index (χ1n) is 8.83. The van der Waals surface area contributed by atoms with Crippen LogP contribution in [0.15, 0.2) is 30.3 Å². The Hall–Kier alpha value is -1.89. The van der Waals surface area contributed by atoms with E-state index in [9.17, 15) is 15.0 Å². The molecule has 6 heteroatoms. The van der Waals surface area contributed by atoms with Crippen molar-refractivity contribution in [3.05, 3.63) is 36.0 Å². The molecule has 0 bridgehead atoms. The van der Waals surface area contributed by atoms with Crippen LogP contribution in [0.5, 0.6) is 0 Å². The highest BCUT2D eigenvalue weighted by Gasteiger charge is 2.43. The van der Waals surface area contributed by atoms with Gasteiger partial charge < -0.3 is 24.4 Å². The van der Waals surface area contributed by atoms with Gasteiger partial charge in [-0.2, -0.15) is 0 Å². The van der Waals surface area contributed by atoms with Crippen molar-refractivity contribution in [1.82, 2.24) is 9.47 Å². The van der Waals surface area contributed by atoms with E-state index in [4.69, 9.17) is 4.74 Å². The van der Waals surface area contributed by atoms with E-state index in [0.717, 1.165) is 10.9 Å². The maximum absolute atomic E-state index is 13.0. The smallest absolute Gasteiger partial charge is 0.270 e. The van der Waals surface area contributed by atoms with Crippen LogP contribution in [0, 0.1) is 0 Å². The van der Waals surface area contributed by atoms with Crippen molar-refractivity contribution in [3.63, 3.8) is 0 Å². The normalized spacial score (nSPS) is 26.3. The van der Waals surface area contributed by atoms with Gasteiger partial charge in [-0.05, 0) is 25.0 Å². The van der Waals surface area contributed by atoms with E-state index in [1.54, 1.807) is 0 Å². The predicted molar refractivity (Wildman–Crippen MR) is 93.4 cm³/mol. The number of piperidine rings is 1. The number of benzene rings is 1. The van der Waals surface area contributed by atoms with Crippen LogP contribution in [0.3, 0.4) is 0 Å². The zero-order valence-electron chi connectivity index (χ0n) is 14.4. The summed E-state index contributed by atoms with van der Waals surface area (Å²) in [6, 6.07) is 9.92. The first kappa shape index (κ1) is 16.6. The summed E-state index contributed by atoms with van der Waals surface area (Å²) in [6.07, 6.45) is 0.263. The number of hydrogen-bond donors (Lipinski definition) is 2. The molecule has 1 aromatic heterocycles. The number of hydrogen-bond acceptors (Lipinski definition) is 4. The van der Waals surface area contributed by atoms with Gasteiger partial charge in [0.1, 0.15) is 11.8 Å². The number of aliphatic hydroxyl groups is 2. The molecule has 134 valence electrons. The van der Waals surface area contributed by atoms with Crippen molar-refractivity contribution in [2.45, 2.75) is 37.1 Å². The molecule has 2 fully saturated rings. The molecule has 2 aliphatic heterocycles.